The van der Waals surface area contributed by atoms with Gasteiger partial charge >= 0.3 is 5.69 Å². The van der Waals surface area contributed by atoms with Gasteiger partial charge in [-0.05, 0) is 42.5 Å². The molecule has 1 amide bonds. The number of hydrazone groups is 1. The molecule has 1 aromatic heterocycles. The minimum absolute atomic E-state index is 0.0903. The van der Waals surface area contributed by atoms with Crippen molar-refractivity contribution in [3.8, 4) is 5.75 Å². The van der Waals surface area contributed by atoms with E-state index in [0.29, 0.717) is 21.1 Å². The van der Waals surface area contributed by atoms with E-state index in [1.807, 2.05) is 28.8 Å². The third-order valence-electron chi connectivity index (χ3n) is 5.03. The smallest absolute Gasteiger partial charge is 0.312 e. The predicted molar refractivity (Wildman–Crippen MR) is 132 cm³/mol. The van der Waals surface area contributed by atoms with Crippen LogP contribution in [0.5, 0.6) is 5.75 Å². The normalized spacial score (nSPS) is 11.5. The highest BCUT2D eigenvalue weighted by Crippen LogP contribution is 2.33. The van der Waals surface area contributed by atoms with Crippen LogP contribution >= 0.6 is 39.1 Å². The molecule has 168 valence electrons. The van der Waals surface area contributed by atoms with Crippen molar-refractivity contribution in [3.05, 3.63) is 78.7 Å². The molecule has 0 atom stereocenters. The molecule has 0 saturated heterocycles. The summed E-state index contributed by atoms with van der Waals surface area (Å²) < 4.78 is 2.40. The number of nitro benzene ring substituents is 1. The Kier molecular flexibility index (Phi) is 6.55. The number of phenols is 1. The Bertz CT molecular complexity index is 1390. The number of nitrogens with one attached hydrogen (secondary N) is 1. The molecule has 0 bridgehead atoms. The SMILES string of the molecule is O=C(CCn1c2ccc(Cl)cc2c2cc(Cl)ccc21)N/N=C/c1cc(Br)cc([N+](=O)[O-])c1O. The molecule has 1 heterocycles. The van der Waals surface area contributed by atoms with Gasteiger partial charge < -0.3 is 9.67 Å². The van der Waals surface area contributed by atoms with Crippen LogP contribution in [0.4, 0.5) is 5.69 Å². The summed E-state index contributed by atoms with van der Waals surface area (Å²) in [7, 11) is 0. The molecule has 0 saturated carbocycles. The van der Waals surface area contributed by atoms with Gasteiger partial charge in [0, 0.05) is 60.9 Å². The maximum atomic E-state index is 12.4. The van der Waals surface area contributed by atoms with Gasteiger partial charge in [-0.1, -0.05) is 39.1 Å². The molecule has 3 aromatic carbocycles. The predicted octanol–water partition coefficient (Wildman–Crippen LogP) is 6.02. The number of amides is 1. The van der Waals surface area contributed by atoms with Crippen molar-refractivity contribution < 1.29 is 14.8 Å². The number of carbonyl (C=O) groups excluding carboxylic acids is 1. The third-order valence-corrected chi connectivity index (χ3v) is 5.95. The summed E-state index contributed by atoms with van der Waals surface area (Å²) in [4.78, 5) is 22.7. The molecule has 2 N–H and O–H groups in total. The van der Waals surface area contributed by atoms with E-state index in [-0.39, 0.29) is 17.9 Å². The minimum atomic E-state index is -0.706. The second kappa shape index (κ2) is 9.38. The molecular weight excluding hydrogens is 535 g/mol. The number of hydrogen-bond donors (Lipinski definition) is 2. The molecule has 33 heavy (non-hydrogen) atoms. The van der Waals surface area contributed by atoms with Crippen LogP contribution in [0, 0.1) is 10.1 Å². The Morgan fingerprint density at radius 2 is 1.73 bits per heavy atom. The van der Waals surface area contributed by atoms with Crippen molar-refractivity contribution in [2.75, 3.05) is 0 Å². The zero-order chi connectivity index (χ0) is 23.7. The summed E-state index contributed by atoms with van der Waals surface area (Å²) in [6, 6.07) is 13.7. The van der Waals surface area contributed by atoms with Crippen LogP contribution in [-0.4, -0.2) is 26.7 Å². The third kappa shape index (κ3) is 4.80. The first-order valence-corrected chi connectivity index (χ1v) is 11.2. The zero-order valence-electron chi connectivity index (χ0n) is 16.8. The Morgan fingerprint density at radius 3 is 2.30 bits per heavy atom. The first kappa shape index (κ1) is 23.0. The van der Waals surface area contributed by atoms with Gasteiger partial charge in [-0.2, -0.15) is 5.10 Å². The van der Waals surface area contributed by atoms with Crippen molar-refractivity contribution in [2.24, 2.45) is 5.10 Å². The second-order valence-corrected chi connectivity index (χ2v) is 8.93. The maximum absolute atomic E-state index is 12.4. The van der Waals surface area contributed by atoms with E-state index in [2.05, 4.69) is 26.5 Å². The van der Waals surface area contributed by atoms with Crippen LogP contribution in [-0.2, 0) is 11.3 Å². The fourth-order valence-electron chi connectivity index (χ4n) is 3.58. The summed E-state index contributed by atoms with van der Waals surface area (Å²) in [5.74, 6) is -0.906. The number of hydrogen-bond acceptors (Lipinski definition) is 5. The largest absolute Gasteiger partial charge is 0.502 e. The fourth-order valence-corrected chi connectivity index (χ4v) is 4.38. The summed E-state index contributed by atoms with van der Waals surface area (Å²) in [6.07, 6.45) is 1.27. The van der Waals surface area contributed by atoms with E-state index >= 15 is 0 Å². The minimum Gasteiger partial charge on any atom is -0.502 e. The van der Waals surface area contributed by atoms with Crippen molar-refractivity contribution in [1.82, 2.24) is 9.99 Å². The topological polar surface area (TPSA) is 110 Å². The maximum Gasteiger partial charge on any atom is 0.312 e. The Balaban J connectivity index is 1.52. The highest BCUT2D eigenvalue weighted by molar-refractivity contribution is 9.10. The number of aromatic hydroxyl groups is 1. The highest BCUT2D eigenvalue weighted by Gasteiger charge is 2.18. The number of nitrogens with zero attached hydrogens (tertiary/aromatic N) is 3. The Morgan fingerprint density at radius 1 is 1.12 bits per heavy atom. The first-order chi connectivity index (χ1) is 15.7. The monoisotopic (exact) mass is 548 g/mol. The molecular formula is C22H15BrCl2N4O4. The lowest BCUT2D eigenvalue weighted by atomic mass is 10.1. The van der Waals surface area contributed by atoms with E-state index in [1.165, 1.54) is 12.1 Å². The van der Waals surface area contributed by atoms with E-state index in [0.717, 1.165) is 28.0 Å². The van der Waals surface area contributed by atoms with Gasteiger partial charge in [0.05, 0.1) is 11.1 Å². The second-order valence-electron chi connectivity index (χ2n) is 7.14. The van der Waals surface area contributed by atoms with Gasteiger partial charge in [-0.3, -0.25) is 14.9 Å². The number of fused-ring (bicyclic) bond motifs is 3. The van der Waals surface area contributed by atoms with E-state index < -0.39 is 16.4 Å². The molecule has 11 heteroatoms. The fraction of sp³-hybridized carbons (Fsp3) is 0.0909. The van der Waals surface area contributed by atoms with Crippen molar-refractivity contribution in [1.29, 1.82) is 0 Å². The molecule has 0 radical (unpaired) electrons. The van der Waals surface area contributed by atoms with Crippen molar-refractivity contribution in [2.45, 2.75) is 13.0 Å². The van der Waals surface area contributed by atoms with Crippen molar-refractivity contribution in [3.63, 3.8) is 0 Å². The molecule has 0 fully saturated rings. The van der Waals surface area contributed by atoms with Crippen LogP contribution in [0.2, 0.25) is 10.0 Å². The summed E-state index contributed by atoms with van der Waals surface area (Å²) >= 11 is 15.5. The molecule has 0 aliphatic heterocycles. The van der Waals surface area contributed by atoms with Gasteiger partial charge in [-0.25, -0.2) is 5.43 Å². The summed E-state index contributed by atoms with van der Waals surface area (Å²) in [5.41, 5.74) is 3.84. The molecule has 8 nitrogen and oxygen atoms in total. The number of nitro groups is 1. The van der Waals surface area contributed by atoms with Crippen LogP contribution < -0.4 is 5.43 Å². The molecule has 0 spiro atoms. The molecule has 4 rings (SSSR count). The Hall–Kier alpha value is -3.14. The summed E-state index contributed by atoms with van der Waals surface area (Å²) in [6.45, 7) is 0.373. The van der Waals surface area contributed by atoms with Crippen LogP contribution in [0.25, 0.3) is 21.8 Å². The number of halogens is 3. The zero-order valence-corrected chi connectivity index (χ0v) is 19.9. The van der Waals surface area contributed by atoms with Crippen LogP contribution in [0.1, 0.15) is 12.0 Å². The molecule has 0 unspecified atom stereocenters. The van der Waals surface area contributed by atoms with Gasteiger partial charge in [0.25, 0.3) is 0 Å². The van der Waals surface area contributed by atoms with E-state index in [9.17, 15) is 20.0 Å². The number of benzene rings is 3. The number of aryl methyl sites for hydroxylation is 1. The lowest BCUT2D eigenvalue weighted by Crippen LogP contribution is -2.19. The number of aromatic nitrogens is 1. The average Bonchev–Trinajstić information content (AvgIpc) is 3.06. The van der Waals surface area contributed by atoms with E-state index in [1.54, 1.807) is 12.1 Å². The average molecular weight is 550 g/mol. The van der Waals surface area contributed by atoms with Gasteiger partial charge in [0.15, 0.2) is 0 Å². The first-order valence-electron chi connectivity index (χ1n) is 9.60. The van der Waals surface area contributed by atoms with Crippen LogP contribution in [0.3, 0.4) is 0 Å². The lowest BCUT2D eigenvalue weighted by molar-refractivity contribution is -0.385. The Labute approximate surface area is 205 Å². The van der Waals surface area contributed by atoms with Crippen molar-refractivity contribution >= 4 is 78.7 Å². The van der Waals surface area contributed by atoms with E-state index in [4.69, 9.17) is 23.2 Å². The molecule has 0 aliphatic carbocycles. The molecule has 0 aliphatic rings. The highest BCUT2D eigenvalue weighted by atomic mass is 79.9. The molecule has 4 aromatic rings. The standard InChI is InChI=1S/C22H15BrCl2N4O4/c23-13-7-12(22(31)20(8-13)29(32)33)11-26-27-21(30)5-6-28-18-3-1-14(24)9-16(18)17-10-15(25)2-4-19(17)28/h1-4,7-11,31H,5-6H2,(H,27,30)/b26-11+. The summed E-state index contributed by atoms with van der Waals surface area (Å²) in [5, 5.41) is 27.9. The number of phenolic OH excluding ortho intramolecular Hbond substituents is 1. The van der Waals surface area contributed by atoms with Crippen LogP contribution in [0.15, 0.2) is 58.1 Å². The van der Waals surface area contributed by atoms with Gasteiger partial charge in [-0.15, -0.1) is 0 Å². The van der Waals surface area contributed by atoms with Gasteiger partial charge in [0.1, 0.15) is 0 Å². The van der Waals surface area contributed by atoms with Gasteiger partial charge in [0.2, 0.25) is 11.7 Å². The quantitative estimate of drug-likeness (QED) is 0.174. The lowest BCUT2D eigenvalue weighted by Gasteiger charge is -2.07. The number of rotatable bonds is 6. The number of carbonyl (C=O) groups is 1.